The lowest BCUT2D eigenvalue weighted by molar-refractivity contribution is -0.135. The summed E-state index contributed by atoms with van der Waals surface area (Å²) in [5.74, 6) is 1.17. The lowest BCUT2D eigenvalue weighted by Crippen LogP contribution is -2.50. The average molecular weight is 304 g/mol. The molecule has 1 aliphatic rings. The summed E-state index contributed by atoms with van der Waals surface area (Å²) in [6.07, 6.45) is 1.91. The molecule has 1 fully saturated rings. The number of carbonyl (C=O) groups excluding carboxylic acids is 1. The lowest BCUT2D eigenvalue weighted by atomic mass is 10.0. The lowest BCUT2D eigenvalue weighted by Gasteiger charge is -2.34. The Morgan fingerprint density at radius 1 is 1.23 bits per heavy atom. The van der Waals surface area contributed by atoms with Gasteiger partial charge in [0.25, 0.3) is 0 Å². The van der Waals surface area contributed by atoms with Gasteiger partial charge in [0.1, 0.15) is 11.9 Å². The molecule has 1 atom stereocenters. The summed E-state index contributed by atoms with van der Waals surface area (Å²) in [7, 11) is 0. The zero-order valence-corrected chi connectivity index (χ0v) is 14.1. The highest BCUT2D eigenvalue weighted by Crippen LogP contribution is 2.22. The maximum absolute atomic E-state index is 12.2. The number of carbonyl (C=O) groups is 1. The summed E-state index contributed by atoms with van der Waals surface area (Å²) in [5, 5.41) is 0. The quantitative estimate of drug-likeness (QED) is 0.930. The minimum atomic E-state index is -0.391. The smallest absolute Gasteiger partial charge is 0.239 e. The van der Waals surface area contributed by atoms with Crippen LogP contribution in [0.25, 0.3) is 0 Å². The van der Waals surface area contributed by atoms with Crippen LogP contribution in [0.5, 0.6) is 5.75 Å². The molecular formula is C18H28N2O2. The Morgan fingerprint density at radius 2 is 1.86 bits per heavy atom. The third kappa shape index (κ3) is 4.01. The van der Waals surface area contributed by atoms with Gasteiger partial charge in [-0.25, -0.2) is 0 Å². The number of hydrogen-bond donors (Lipinski definition) is 1. The van der Waals surface area contributed by atoms with Gasteiger partial charge < -0.3 is 15.4 Å². The molecule has 0 aromatic heterocycles. The Labute approximate surface area is 133 Å². The van der Waals surface area contributed by atoms with Crippen LogP contribution in [0.15, 0.2) is 18.2 Å². The summed E-state index contributed by atoms with van der Waals surface area (Å²) in [6, 6.07) is 5.80. The Morgan fingerprint density at radius 3 is 2.41 bits per heavy atom. The molecule has 0 bridgehead atoms. The van der Waals surface area contributed by atoms with E-state index in [1.807, 2.05) is 24.8 Å². The van der Waals surface area contributed by atoms with Crippen LogP contribution in [-0.2, 0) is 4.79 Å². The van der Waals surface area contributed by atoms with Crippen molar-refractivity contribution in [3.8, 4) is 5.75 Å². The zero-order chi connectivity index (χ0) is 16.3. The van der Waals surface area contributed by atoms with E-state index in [2.05, 4.69) is 26.0 Å². The molecule has 0 aliphatic carbocycles. The molecule has 1 heterocycles. The van der Waals surface area contributed by atoms with Gasteiger partial charge in [-0.3, -0.25) is 4.79 Å². The van der Waals surface area contributed by atoms with Crippen LogP contribution in [0.1, 0.15) is 37.8 Å². The molecule has 1 unspecified atom stereocenters. The minimum Gasteiger partial charge on any atom is -0.490 e. The number of ether oxygens (including phenoxy) is 1. The highest BCUT2D eigenvalue weighted by molar-refractivity contribution is 5.82. The van der Waals surface area contributed by atoms with E-state index in [-0.39, 0.29) is 17.9 Å². The third-order valence-corrected chi connectivity index (χ3v) is 4.54. The minimum absolute atomic E-state index is 0.0691. The first-order valence-corrected chi connectivity index (χ1v) is 8.16. The highest BCUT2D eigenvalue weighted by Gasteiger charge is 2.28. The summed E-state index contributed by atoms with van der Waals surface area (Å²) in [4.78, 5) is 14.1. The average Bonchev–Trinajstić information content (AvgIpc) is 2.50. The zero-order valence-electron chi connectivity index (χ0n) is 14.1. The molecule has 1 aromatic rings. The second-order valence-electron chi connectivity index (χ2n) is 6.66. The number of nitrogens with zero attached hydrogens (tertiary/aromatic N) is 1. The van der Waals surface area contributed by atoms with Crippen LogP contribution < -0.4 is 10.5 Å². The van der Waals surface area contributed by atoms with E-state index >= 15 is 0 Å². The summed E-state index contributed by atoms with van der Waals surface area (Å²) >= 11 is 0. The van der Waals surface area contributed by atoms with Gasteiger partial charge in [-0.2, -0.15) is 0 Å². The number of nitrogens with two attached hydrogens (primary N) is 1. The molecule has 2 N–H and O–H groups in total. The molecule has 1 saturated heterocycles. The first-order chi connectivity index (χ1) is 10.4. The number of aryl methyl sites for hydroxylation is 2. The van der Waals surface area contributed by atoms with Crippen molar-refractivity contribution in [2.24, 2.45) is 11.7 Å². The Hall–Kier alpha value is -1.55. The summed E-state index contributed by atoms with van der Waals surface area (Å²) in [5.41, 5.74) is 8.47. The van der Waals surface area contributed by atoms with Crippen LogP contribution in [0, 0.1) is 19.8 Å². The standard InChI is InChI=1S/C18H28N2O2/c1-12(2)17(19)18(21)20-9-7-15(8-10-20)22-16-6-5-13(3)14(4)11-16/h5-6,11-12,15,17H,7-10,19H2,1-4H3. The molecule has 4 nitrogen and oxygen atoms in total. The van der Waals surface area contributed by atoms with Crippen LogP contribution >= 0.6 is 0 Å². The molecule has 22 heavy (non-hydrogen) atoms. The Bertz CT molecular complexity index is 520. The molecule has 1 aromatic carbocycles. The van der Waals surface area contributed by atoms with Gasteiger partial charge in [-0.1, -0.05) is 19.9 Å². The number of hydrogen-bond acceptors (Lipinski definition) is 3. The molecule has 0 spiro atoms. The Balaban J connectivity index is 1.87. The van der Waals surface area contributed by atoms with Gasteiger partial charge in [-0.05, 0) is 43.0 Å². The first-order valence-electron chi connectivity index (χ1n) is 8.16. The largest absolute Gasteiger partial charge is 0.490 e. The van der Waals surface area contributed by atoms with Crippen molar-refractivity contribution in [2.45, 2.75) is 52.7 Å². The van der Waals surface area contributed by atoms with E-state index in [0.29, 0.717) is 0 Å². The monoisotopic (exact) mass is 304 g/mol. The fraction of sp³-hybridized carbons (Fsp3) is 0.611. The number of rotatable bonds is 4. The van der Waals surface area contributed by atoms with Crippen LogP contribution in [-0.4, -0.2) is 36.0 Å². The molecule has 0 saturated carbocycles. The topological polar surface area (TPSA) is 55.6 Å². The molecule has 1 amide bonds. The highest BCUT2D eigenvalue weighted by atomic mass is 16.5. The summed E-state index contributed by atoms with van der Waals surface area (Å²) < 4.78 is 6.06. The van der Waals surface area contributed by atoms with Gasteiger partial charge in [0.05, 0.1) is 6.04 Å². The van der Waals surface area contributed by atoms with Gasteiger partial charge in [0.15, 0.2) is 0 Å². The van der Waals surface area contributed by atoms with Crippen LogP contribution in [0.2, 0.25) is 0 Å². The fourth-order valence-electron chi connectivity index (χ4n) is 2.67. The number of piperidine rings is 1. The van der Waals surface area contributed by atoms with Crippen molar-refractivity contribution >= 4 is 5.91 Å². The van der Waals surface area contributed by atoms with Crippen molar-refractivity contribution in [1.29, 1.82) is 0 Å². The van der Waals surface area contributed by atoms with Crippen LogP contribution in [0.3, 0.4) is 0 Å². The molecule has 4 heteroatoms. The van der Waals surface area contributed by atoms with Crippen molar-refractivity contribution in [1.82, 2.24) is 4.90 Å². The van der Waals surface area contributed by atoms with Gasteiger partial charge in [-0.15, -0.1) is 0 Å². The Kier molecular flexibility index (Phi) is 5.46. The SMILES string of the molecule is Cc1ccc(OC2CCN(C(=O)C(N)C(C)C)CC2)cc1C. The predicted molar refractivity (Wildman–Crippen MR) is 89.0 cm³/mol. The third-order valence-electron chi connectivity index (χ3n) is 4.54. The molecule has 2 rings (SSSR count). The van der Waals surface area contributed by atoms with Crippen molar-refractivity contribution < 1.29 is 9.53 Å². The summed E-state index contributed by atoms with van der Waals surface area (Å²) in [6.45, 7) is 9.62. The van der Waals surface area contributed by atoms with E-state index < -0.39 is 6.04 Å². The van der Waals surface area contributed by atoms with Crippen molar-refractivity contribution in [2.75, 3.05) is 13.1 Å². The van der Waals surface area contributed by atoms with Gasteiger partial charge >= 0.3 is 0 Å². The van der Waals surface area contributed by atoms with Crippen molar-refractivity contribution in [3.05, 3.63) is 29.3 Å². The number of amides is 1. The first kappa shape index (κ1) is 16.8. The van der Waals surface area contributed by atoms with Crippen LogP contribution in [0.4, 0.5) is 0 Å². The van der Waals surface area contributed by atoms with E-state index in [1.165, 1.54) is 11.1 Å². The molecule has 1 aliphatic heterocycles. The molecule has 0 radical (unpaired) electrons. The second kappa shape index (κ2) is 7.14. The molecular weight excluding hydrogens is 276 g/mol. The fourth-order valence-corrected chi connectivity index (χ4v) is 2.67. The normalized spacial score (nSPS) is 17.6. The van der Waals surface area contributed by atoms with Crippen molar-refractivity contribution in [3.63, 3.8) is 0 Å². The maximum atomic E-state index is 12.2. The second-order valence-corrected chi connectivity index (χ2v) is 6.66. The molecule has 122 valence electrons. The number of likely N-dealkylation sites (tertiary alicyclic amines) is 1. The van der Waals surface area contributed by atoms with E-state index in [0.717, 1.165) is 31.7 Å². The number of benzene rings is 1. The van der Waals surface area contributed by atoms with E-state index in [9.17, 15) is 4.79 Å². The maximum Gasteiger partial charge on any atom is 0.239 e. The van der Waals surface area contributed by atoms with Gasteiger partial charge in [0.2, 0.25) is 5.91 Å². The van der Waals surface area contributed by atoms with E-state index in [1.54, 1.807) is 0 Å². The predicted octanol–water partition coefficient (Wildman–Crippen LogP) is 2.66. The van der Waals surface area contributed by atoms with E-state index in [4.69, 9.17) is 10.5 Å². The van der Waals surface area contributed by atoms with Gasteiger partial charge in [0, 0.05) is 25.9 Å².